The van der Waals surface area contributed by atoms with Crippen LogP contribution in [-0.4, -0.2) is 40.9 Å². The Labute approximate surface area is 210 Å². The molecule has 0 saturated carbocycles. The molecule has 1 saturated heterocycles. The highest BCUT2D eigenvalue weighted by molar-refractivity contribution is 9.14. The molecule has 3 atom stereocenters. The van der Waals surface area contributed by atoms with Crippen LogP contribution in [-0.2, 0) is 25.6 Å². The summed E-state index contributed by atoms with van der Waals surface area (Å²) in [5.74, 6) is -1.74. The summed E-state index contributed by atoms with van der Waals surface area (Å²) in [6.07, 6.45) is -1.27. The van der Waals surface area contributed by atoms with Crippen LogP contribution < -0.4 is 17.0 Å². The third-order valence-electron chi connectivity index (χ3n) is 4.24. The molecule has 0 bridgehead atoms. The molecule has 172 valence electrons. The summed E-state index contributed by atoms with van der Waals surface area (Å²) in [6, 6.07) is 0. The van der Waals surface area contributed by atoms with E-state index in [0.29, 0.717) is 0 Å². The maximum absolute atomic E-state index is 13.7. The van der Waals surface area contributed by atoms with Gasteiger partial charge in [-0.25, -0.2) is 4.79 Å². The van der Waals surface area contributed by atoms with E-state index in [1.54, 1.807) is 0 Å². The summed E-state index contributed by atoms with van der Waals surface area (Å²) in [5.41, 5.74) is 3.31. The molecule has 1 aliphatic rings. The molecule has 2 aromatic rings. The Hall–Kier alpha value is -0.610. The average molecular weight is 673 g/mol. The highest BCUT2D eigenvalue weighted by Crippen LogP contribution is 2.42. The van der Waals surface area contributed by atoms with Crippen LogP contribution in [0.3, 0.4) is 0 Å². The molecule has 31 heavy (non-hydrogen) atoms. The number of ether oxygens (including phenoxy) is 3. The first-order valence-corrected chi connectivity index (χ1v) is 11.7. The molecule has 0 radical (unpaired) electrons. The number of hydrogen-bond acceptors (Lipinski definition) is 8. The van der Waals surface area contributed by atoms with Crippen LogP contribution in [0.2, 0.25) is 0 Å². The van der Waals surface area contributed by atoms with Crippen molar-refractivity contribution in [1.82, 2.24) is 9.55 Å². The zero-order chi connectivity index (χ0) is 22.0. The smallest absolute Gasteiger partial charge is 0.330 e. The number of rotatable bonds is 7. The topological polar surface area (TPSA) is 126 Å². The zero-order valence-corrected chi connectivity index (χ0v) is 21.8. The van der Waals surface area contributed by atoms with Gasteiger partial charge in [-0.15, -0.1) is 23.7 Å². The lowest BCUT2D eigenvalue weighted by Crippen LogP contribution is -2.34. The molecule has 0 unspecified atom stereocenters. The zero-order valence-electron chi connectivity index (χ0n) is 15.4. The molecule has 3 heterocycles. The number of thiophene rings is 1. The number of carbonyl (C=O) groups is 1. The summed E-state index contributed by atoms with van der Waals surface area (Å²) in [6.45, 7) is -0.236. The van der Waals surface area contributed by atoms with E-state index in [0.717, 1.165) is 28.4 Å². The number of carbonyl (C=O) groups excluding carboxylic acids is 1. The van der Waals surface area contributed by atoms with Gasteiger partial charge in [0.15, 0.2) is 0 Å². The van der Waals surface area contributed by atoms with Crippen molar-refractivity contribution in [2.24, 2.45) is 5.73 Å². The third kappa shape index (κ3) is 6.25. The van der Waals surface area contributed by atoms with E-state index in [4.69, 9.17) is 19.9 Å². The molecule has 9 nitrogen and oxygen atoms in total. The highest BCUT2D eigenvalue weighted by atomic mass is 79.9. The summed E-state index contributed by atoms with van der Waals surface area (Å²) >= 11 is 11.8. The van der Waals surface area contributed by atoms with Gasteiger partial charge in [0.05, 0.1) is 33.7 Å². The first-order chi connectivity index (χ1) is 14.2. The second kappa shape index (κ2) is 11.5. The first kappa shape index (κ1) is 26.6. The first-order valence-electron chi connectivity index (χ1n) is 8.47. The summed E-state index contributed by atoms with van der Waals surface area (Å²) < 4.78 is 34.0. The molecule has 0 spiro atoms. The monoisotopic (exact) mass is 669 g/mol. The molecule has 3 N–H and O–H groups in total. The fourth-order valence-electron chi connectivity index (χ4n) is 2.79. The van der Waals surface area contributed by atoms with E-state index in [-0.39, 0.29) is 38.6 Å². The van der Waals surface area contributed by atoms with E-state index in [2.05, 4.69) is 47.8 Å². The van der Waals surface area contributed by atoms with E-state index in [1.165, 1.54) is 11.3 Å². The van der Waals surface area contributed by atoms with Gasteiger partial charge >= 0.3 is 11.7 Å². The number of nitrogens with two attached hydrogens (primary N) is 1. The van der Waals surface area contributed by atoms with Gasteiger partial charge in [0.2, 0.25) is 5.82 Å². The van der Waals surface area contributed by atoms with Crippen molar-refractivity contribution in [3.63, 3.8) is 0 Å². The predicted octanol–water partition coefficient (Wildman–Crippen LogP) is 2.82. The minimum absolute atomic E-state index is 0. The van der Waals surface area contributed by atoms with Crippen LogP contribution in [0, 0.1) is 5.82 Å². The quantitative estimate of drug-likeness (QED) is 0.434. The molecule has 0 aromatic carbocycles. The number of H-pyrrole nitrogens is 1. The van der Waals surface area contributed by atoms with Crippen molar-refractivity contribution < 1.29 is 23.4 Å². The van der Waals surface area contributed by atoms with Crippen LogP contribution in [0.4, 0.5) is 4.39 Å². The van der Waals surface area contributed by atoms with E-state index >= 15 is 0 Å². The van der Waals surface area contributed by atoms with E-state index in [9.17, 15) is 18.8 Å². The molecule has 1 fully saturated rings. The number of halogens is 5. The van der Waals surface area contributed by atoms with Crippen molar-refractivity contribution in [2.75, 3.05) is 13.2 Å². The van der Waals surface area contributed by atoms with Crippen LogP contribution in [0.5, 0.6) is 0 Å². The number of esters is 1. The van der Waals surface area contributed by atoms with Gasteiger partial charge in [-0.1, -0.05) is 0 Å². The molecule has 0 amide bonds. The van der Waals surface area contributed by atoms with Gasteiger partial charge < -0.3 is 19.9 Å². The van der Waals surface area contributed by atoms with Crippen LogP contribution in [0.1, 0.15) is 17.5 Å². The van der Waals surface area contributed by atoms with Gasteiger partial charge in [0.25, 0.3) is 5.56 Å². The summed E-state index contributed by atoms with van der Waals surface area (Å²) in [4.78, 5) is 37.6. The second-order valence-corrected chi connectivity index (χ2v) is 10.2. The van der Waals surface area contributed by atoms with Gasteiger partial charge in [-0.05, 0) is 47.8 Å². The predicted molar refractivity (Wildman–Crippen MR) is 123 cm³/mol. The Kier molecular flexibility index (Phi) is 9.88. The Morgan fingerprint density at radius 1 is 1.35 bits per heavy atom. The lowest BCUT2D eigenvalue weighted by molar-refractivity contribution is -0.149. The standard InChI is InChI=1S/C16H15Br3FN3O6S.ClH/c17-12-9(30-14(19)13(12)18)5-27-7-1-10(29-8(7)4-28-11(24)2-21)23-3-6(20)15(25)22-16(23)26;/h3,7-8,10H,1-2,4-5,21H2,(H,22,25,26);1H/t7-,8+,10+;/m0./s1. The normalized spacial score (nSPS) is 20.5. The van der Waals surface area contributed by atoms with Gasteiger partial charge in [-0.3, -0.25) is 19.1 Å². The molecular formula is C16H16Br3ClFN3O6S. The average Bonchev–Trinajstić information content (AvgIpc) is 3.23. The third-order valence-corrected chi connectivity index (χ3v) is 9.33. The highest BCUT2D eigenvalue weighted by Gasteiger charge is 2.38. The number of aromatic nitrogens is 2. The van der Waals surface area contributed by atoms with Gasteiger partial charge in [0.1, 0.15) is 18.9 Å². The van der Waals surface area contributed by atoms with Crippen molar-refractivity contribution in [2.45, 2.75) is 31.5 Å². The fraction of sp³-hybridized carbons (Fsp3) is 0.438. The molecule has 3 rings (SSSR count). The summed E-state index contributed by atoms with van der Waals surface area (Å²) in [5, 5.41) is 0. The number of aromatic amines is 1. The van der Waals surface area contributed by atoms with E-state index < -0.39 is 41.5 Å². The maximum atomic E-state index is 13.7. The number of hydrogen-bond donors (Lipinski definition) is 2. The van der Waals surface area contributed by atoms with Gasteiger partial charge in [0, 0.05) is 15.8 Å². The fourth-order valence-corrected chi connectivity index (χ4v) is 5.86. The largest absolute Gasteiger partial charge is 0.462 e. The minimum Gasteiger partial charge on any atom is -0.462 e. The maximum Gasteiger partial charge on any atom is 0.330 e. The van der Waals surface area contributed by atoms with Crippen LogP contribution in [0.15, 0.2) is 28.5 Å². The Bertz CT molecular complexity index is 1060. The van der Waals surface area contributed by atoms with Crippen LogP contribution >= 0.6 is 71.5 Å². The van der Waals surface area contributed by atoms with Crippen molar-refractivity contribution in [3.8, 4) is 0 Å². The van der Waals surface area contributed by atoms with Crippen molar-refractivity contribution in [3.05, 3.63) is 50.5 Å². The van der Waals surface area contributed by atoms with E-state index in [1.807, 2.05) is 4.98 Å². The molecule has 15 heteroatoms. The Balaban J connectivity index is 0.00000341. The lowest BCUT2D eigenvalue weighted by Gasteiger charge is -2.18. The Morgan fingerprint density at radius 2 is 2.06 bits per heavy atom. The molecule has 0 aliphatic carbocycles. The van der Waals surface area contributed by atoms with Gasteiger partial charge in [-0.2, -0.15) is 4.39 Å². The van der Waals surface area contributed by atoms with Crippen molar-refractivity contribution in [1.29, 1.82) is 0 Å². The molecular weight excluding hydrogens is 656 g/mol. The Morgan fingerprint density at radius 3 is 2.68 bits per heavy atom. The summed E-state index contributed by atoms with van der Waals surface area (Å²) in [7, 11) is 0. The molecule has 2 aromatic heterocycles. The SMILES string of the molecule is Cl.NCC(=O)OC[C@H]1O[C@@H](n2cc(F)c(=O)[nH]c2=O)C[C@@H]1OCc1sc(Br)c(Br)c1Br. The molecule has 1 aliphatic heterocycles. The lowest BCUT2D eigenvalue weighted by atomic mass is 10.2. The minimum atomic E-state index is -1.12. The second-order valence-electron chi connectivity index (χ2n) is 6.17. The van der Waals surface area contributed by atoms with Crippen LogP contribution in [0.25, 0.3) is 0 Å². The number of nitrogens with one attached hydrogen (secondary N) is 1. The van der Waals surface area contributed by atoms with Crippen molar-refractivity contribution >= 4 is 77.5 Å². The number of nitrogens with zero attached hydrogens (tertiary/aromatic N) is 1.